The van der Waals surface area contributed by atoms with E-state index in [1.807, 2.05) is 18.2 Å². The number of phenols is 1. The van der Waals surface area contributed by atoms with Crippen molar-refractivity contribution in [2.24, 2.45) is 0 Å². The first kappa shape index (κ1) is 23.4. The van der Waals surface area contributed by atoms with Gasteiger partial charge in [-0.1, -0.05) is 41.4 Å². The number of amides is 1. The van der Waals surface area contributed by atoms with Crippen LogP contribution in [-0.4, -0.2) is 54.8 Å². The van der Waals surface area contributed by atoms with E-state index in [-0.39, 0.29) is 35.1 Å². The molecule has 172 valence electrons. The first-order valence-electron chi connectivity index (χ1n) is 11.0. The minimum atomic E-state index is -0.362. The zero-order valence-corrected chi connectivity index (χ0v) is 20.0. The number of halogens is 2. The van der Waals surface area contributed by atoms with Crippen molar-refractivity contribution in [3.05, 3.63) is 63.6 Å². The standard InChI is InChI=1S/C25H30Cl2N2O3/c1-29-11-10-24(18-4-3-5-20(30)14-18)15-19(8-9-25(24,16-29)32-2)28-23(31)13-17-6-7-21(26)22(27)12-17/h3-7,12,14,19,30H,8-11,13,15-16H2,1-2H3,(H,28,31). The molecule has 1 amide bonds. The van der Waals surface area contributed by atoms with Gasteiger partial charge in [-0.05, 0) is 74.7 Å². The number of ether oxygens (including phenoxy) is 1. The topological polar surface area (TPSA) is 61.8 Å². The number of likely N-dealkylation sites (tertiary alicyclic amines) is 1. The van der Waals surface area contributed by atoms with Gasteiger partial charge in [0.05, 0.1) is 22.1 Å². The Balaban J connectivity index is 1.58. The van der Waals surface area contributed by atoms with E-state index in [9.17, 15) is 9.90 Å². The van der Waals surface area contributed by atoms with E-state index in [0.717, 1.165) is 49.9 Å². The second-order valence-electron chi connectivity index (χ2n) is 9.25. The number of fused-ring (bicyclic) bond motifs is 1. The average molecular weight is 477 g/mol. The molecule has 3 unspecified atom stereocenters. The lowest BCUT2D eigenvalue weighted by Crippen LogP contribution is -2.67. The molecule has 4 rings (SSSR count). The molecular weight excluding hydrogens is 447 g/mol. The largest absolute Gasteiger partial charge is 0.508 e. The molecule has 0 aromatic heterocycles. The molecule has 0 radical (unpaired) electrons. The van der Waals surface area contributed by atoms with Crippen LogP contribution in [0.15, 0.2) is 42.5 Å². The molecule has 1 saturated heterocycles. The van der Waals surface area contributed by atoms with Crippen LogP contribution in [0.1, 0.15) is 36.8 Å². The Morgan fingerprint density at radius 1 is 1.22 bits per heavy atom. The number of carbonyl (C=O) groups is 1. The number of hydrogen-bond donors (Lipinski definition) is 2. The Morgan fingerprint density at radius 3 is 2.75 bits per heavy atom. The van der Waals surface area contributed by atoms with Gasteiger partial charge in [-0.15, -0.1) is 0 Å². The summed E-state index contributed by atoms with van der Waals surface area (Å²) in [6, 6.07) is 12.8. The Bertz CT molecular complexity index is 1000. The number of phenolic OH excluding ortho intramolecular Hbond substituents is 1. The van der Waals surface area contributed by atoms with Gasteiger partial charge in [-0.2, -0.15) is 0 Å². The number of likely N-dealkylation sites (N-methyl/N-ethyl adjacent to an activating group) is 1. The first-order valence-corrected chi connectivity index (χ1v) is 11.8. The van der Waals surface area contributed by atoms with Crippen LogP contribution in [0, 0.1) is 0 Å². The van der Waals surface area contributed by atoms with E-state index < -0.39 is 0 Å². The van der Waals surface area contributed by atoms with Crippen LogP contribution in [0.5, 0.6) is 5.75 Å². The van der Waals surface area contributed by atoms with E-state index in [0.29, 0.717) is 10.0 Å². The Labute approximate surface area is 199 Å². The molecule has 2 aromatic carbocycles. The predicted molar refractivity (Wildman–Crippen MR) is 128 cm³/mol. The van der Waals surface area contributed by atoms with E-state index in [1.165, 1.54) is 0 Å². The fraction of sp³-hybridized carbons (Fsp3) is 0.480. The van der Waals surface area contributed by atoms with Crippen molar-refractivity contribution in [3.63, 3.8) is 0 Å². The summed E-state index contributed by atoms with van der Waals surface area (Å²) in [5, 5.41) is 14.4. The molecule has 32 heavy (non-hydrogen) atoms. The molecule has 2 aliphatic rings. The van der Waals surface area contributed by atoms with Crippen LogP contribution in [0.3, 0.4) is 0 Å². The van der Waals surface area contributed by atoms with Crippen molar-refractivity contribution >= 4 is 29.1 Å². The van der Waals surface area contributed by atoms with Crippen molar-refractivity contribution in [2.75, 3.05) is 27.2 Å². The van der Waals surface area contributed by atoms with Gasteiger partial charge < -0.3 is 20.1 Å². The third kappa shape index (κ3) is 4.36. The summed E-state index contributed by atoms with van der Waals surface area (Å²) < 4.78 is 6.26. The van der Waals surface area contributed by atoms with Gasteiger partial charge in [0, 0.05) is 25.1 Å². The monoisotopic (exact) mass is 476 g/mol. The highest BCUT2D eigenvalue weighted by molar-refractivity contribution is 6.42. The predicted octanol–water partition coefficient (Wildman–Crippen LogP) is 4.57. The normalized spacial score (nSPS) is 28.2. The minimum absolute atomic E-state index is 0.0271. The Kier molecular flexibility index (Phi) is 6.73. The lowest BCUT2D eigenvalue weighted by molar-refractivity contribution is -0.147. The molecule has 1 aliphatic heterocycles. The van der Waals surface area contributed by atoms with Crippen molar-refractivity contribution in [1.29, 1.82) is 0 Å². The second-order valence-corrected chi connectivity index (χ2v) is 10.1. The summed E-state index contributed by atoms with van der Waals surface area (Å²) in [6.07, 6.45) is 3.60. The fourth-order valence-electron chi connectivity index (χ4n) is 5.74. The number of nitrogens with one attached hydrogen (secondary N) is 1. The maximum Gasteiger partial charge on any atom is 0.224 e. The highest BCUT2D eigenvalue weighted by Crippen LogP contribution is 2.53. The van der Waals surface area contributed by atoms with Gasteiger partial charge in [-0.25, -0.2) is 0 Å². The number of aromatic hydroxyl groups is 1. The molecule has 2 aromatic rings. The van der Waals surface area contributed by atoms with E-state index in [4.69, 9.17) is 27.9 Å². The molecule has 1 aliphatic carbocycles. The molecular formula is C25H30Cl2N2O3. The quantitative estimate of drug-likeness (QED) is 0.663. The van der Waals surface area contributed by atoms with Gasteiger partial charge in [0.2, 0.25) is 5.91 Å². The number of hydrogen-bond acceptors (Lipinski definition) is 4. The Morgan fingerprint density at radius 2 is 2.03 bits per heavy atom. The van der Waals surface area contributed by atoms with Gasteiger partial charge in [0.25, 0.3) is 0 Å². The maximum absolute atomic E-state index is 12.9. The zero-order valence-electron chi connectivity index (χ0n) is 18.5. The van der Waals surface area contributed by atoms with E-state index in [2.05, 4.69) is 23.3 Å². The van der Waals surface area contributed by atoms with Crippen molar-refractivity contribution in [3.8, 4) is 5.75 Å². The van der Waals surface area contributed by atoms with Crippen LogP contribution in [0.25, 0.3) is 0 Å². The molecule has 3 atom stereocenters. The summed E-state index contributed by atoms with van der Waals surface area (Å²) in [6.45, 7) is 1.76. The average Bonchev–Trinajstić information content (AvgIpc) is 2.76. The summed E-state index contributed by atoms with van der Waals surface area (Å²) in [5.74, 6) is 0.226. The van der Waals surface area contributed by atoms with Gasteiger partial charge in [-0.3, -0.25) is 4.79 Å². The SMILES string of the molecule is COC12CCC(NC(=O)Cc3ccc(Cl)c(Cl)c3)CC1(c1cccc(O)c1)CCN(C)C2. The van der Waals surface area contributed by atoms with Gasteiger partial charge in [0.1, 0.15) is 5.75 Å². The number of benzene rings is 2. The summed E-state index contributed by atoms with van der Waals surface area (Å²) >= 11 is 12.1. The fourth-order valence-corrected chi connectivity index (χ4v) is 6.06. The highest BCUT2D eigenvalue weighted by atomic mass is 35.5. The van der Waals surface area contributed by atoms with Gasteiger partial charge >= 0.3 is 0 Å². The third-order valence-electron chi connectivity index (χ3n) is 7.31. The van der Waals surface area contributed by atoms with E-state index >= 15 is 0 Å². The minimum Gasteiger partial charge on any atom is -0.508 e. The number of rotatable bonds is 5. The molecule has 2 N–H and O–H groups in total. The first-order chi connectivity index (χ1) is 15.3. The van der Waals surface area contributed by atoms with Gasteiger partial charge in [0.15, 0.2) is 0 Å². The molecule has 5 nitrogen and oxygen atoms in total. The third-order valence-corrected chi connectivity index (χ3v) is 8.05. The van der Waals surface area contributed by atoms with Crippen LogP contribution < -0.4 is 5.32 Å². The van der Waals surface area contributed by atoms with Crippen LogP contribution in [-0.2, 0) is 21.4 Å². The lowest BCUT2D eigenvalue weighted by Gasteiger charge is -2.59. The summed E-state index contributed by atoms with van der Waals surface area (Å²) in [4.78, 5) is 15.2. The number of methoxy groups -OCH3 is 1. The van der Waals surface area contributed by atoms with E-state index in [1.54, 1.807) is 25.3 Å². The van der Waals surface area contributed by atoms with Crippen molar-refractivity contribution in [1.82, 2.24) is 10.2 Å². The van der Waals surface area contributed by atoms with Crippen molar-refractivity contribution in [2.45, 2.75) is 49.2 Å². The summed E-state index contributed by atoms with van der Waals surface area (Å²) in [5.41, 5.74) is 1.27. The zero-order chi connectivity index (χ0) is 22.9. The lowest BCUT2D eigenvalue weighted by atomic mass is 9.55. The molecule has 0 spiro atoms. The molecule has 1 saturated carbocycles. The highest BCUT2D eigenvalue weighted by Gasteiger charge is 2.58. The molecule has 1 heterocycles. The maximum atomic E-state index is 12.9. The smallest absolute Gasteiger partial charge is 0.224 e. The second kappa shape index (κ2) is 9.22. The molecule has 2 fully saturated rings. The van der Waals surface area contributed by atoms with Crippen molar-refractivity contribution < 1.29 is 14.6 Å². The molecule has 7 heteroatoms. The summed E-state index contributed by atoms with van der Waals surface area (Å²) in [7, 11) is 3.91. The molecule has 0 bridgehead atoms. The number of carbonyl (C=O) groups excluding carboxylic acids is 1. The van der Waals surface area contributed by atoms with Crippen LogP contribution >= 0.6 is 23.2 Å². The Hall–Kier alpha value is -1.79. The number of nitrogens with zero attached hydrogens (tertiary/aromatic N) is 1. The van der Waals surface area contributed by atoms with Crippen LogP contribution in [0.2, 0.25) is 10.0 Å². The number of piperidine rings is 1. The van der Waals surface area contributed by atoms with Crippen LogP contribution in [0.4, 0.5) is 0 Å².